The van der Waals surface area contributed by atoms with Crippen LogP contribution in [0.3, 0.4) is 0 Å². The third kappa shape index (κ3) is 23.4. The molecule has 2 atom stereocenters. The van der Waals surface area contributed by atoms with E-state index < -0.39 is 0 Å². The van der Waals surface area contributed by atoms with Crippen molar-refractivity contribution >= 4 is 0 Å². The zero-order chi connectivity index (χ0) is 33.3. The molecule has 1 heterocycles. The molecule has 0 spiro atoms. The highest BCUT2D eigenvalue weighted by atomic mass is 15.1. The van der Waals surface area contributed by atoms with E-state index >= 15 is 0 Å². The second-order valence-corrected chi connectivity index (χ2v) is 15.2. The van der Waals surface area contributed by atoms with E-state index in [1.807, 2.05) is 6.20 Å². The Morgan fingerprint density at radius 1 is 0.468 bits per heavy atom. The van der Waals surface area contributed by atoms with Gasteiger partial charge in [0.05, 0.1) is 6.33 Å². The summed E-state index contributed by atoms with van der Waals surface area (Å²) in [5.74, 6) is 0.690. The summed E-state index contributed by atoms with van der Waals surface area (Å²) in [4.78, 5) is 4.49. The first-order valence-corrected chi connectivity index (χ1v) is 21.4. The van der Waals surface area contributed by atoms with Gasteiger partial charge in [-0.15, -0.1) is 0 Å². The van der Waals surface area contributed by atoms with Gasteiger partial charge in [-0.3, -0.25) is 0 Å². The molecule has 1 aromatic carbocycles. The van der Waals surface area contributed by atoms with E-state index in [4.69, 9.17) is 0 Å². The molecule has 47 heavy (non-hydrogen) atoms. The summed E-state index contributed by atoms with van der Waals surface area (Å²) in [7, 11) is 0. The topological polar surface area (TPSA) is 17.8 Å². The van der Waals surface area contributed by atoms with E-state index in [1.54, 1.807) is 0 Å². The fraction of sp³-hybridized carbons (Fsp3) is 0.800. The Kier molecular flexibility index (Phi) is 28.0. The Balaban J connectivity index is 1.64. The Morgan fingerprint density at radius 3 is 1.23 bits per heavy atom. The summed E-state index contributed by atoms with van der Waals surface area (Å²) in [5, 5.41) is 0. The van der Waals surface area contributed by atoms with Crippen LogP contribution in [0.25, 0.3) is 0 Å². The number of imidazole rings is 1. The van der Waals surface area contributed by atoms with Crippen molar-refractivity contribution in [2.45, 2.75) is 225 Å². The fourth-order valence-corrected chi connectivity index (χ4v) is 7.77. The van der Waals surface area contributed by atoms with Crippen LogP contribution in [0.1, 0.15) is 224 Å². The zero-order valence-electron chi connectivity index (χ0n) is 31.8. The molecule has 0 amide bonds. The van der Waals surface area contributed by atoms with Crippen molar-refractivity contribution in [1.29, 1.82) is 0 Å². The molecule has 270 valence electrons. The number of benzene rings is 1. The molecule has 0 aliphatic rings. The first kappa shape index (κ1) is 41.6. The van der Waals surface area contributed by atoms with Gasteiger partial charge in [-0.1, -0.05) is 230 Å². The van der Waals surface area contributed by atoms with Gasteiger partial charge in [-0.2, -0.15) is 0 Å². The molecule has 0 bridgehead atoms. The van der Waals surface area contributed by atoms with Crippen molar-refractivity contribution in [3.05, 3.63) is 54.6 Å². The first-order valence-electron chi connectivity index (χ1n) is 21.4. The molecule has 2 aromatic rings. The molecular weight excluding hydrogens is 569 g/mol. The number of hydrogen-bond acceptors (Lipinski definition) is 1. The second kappa shape index (κ2) is 31.7. The maximum Gasteiger partial charge on any atom is 0.0948 e. The zero-order valence-corrected chi connectivity index (χ0v) is 31.8. The minimum Gasteiger partial charge on any atom is -0.334 e. The average Bonchev–Trinajstić information content (AvgIpc) is 3.63. The molecule has 0 aliphatic carbocycles. The summed E-state index contributed by atoms with van der Waals surface area (Å²) in [6.07, 6.45) is 51.7. The Bertz CT molecular complexity index is 859. The lowest BCUT2D eigenvalue weighted by atomic mass is 9.84. The Morgan fingerprint density at radius 2 is 0.851 bits per heavy atom. The summed E-state index contributed by atoms with van der Waals surface area (Å²) in [6, 6.07) is 11.9. The molecule has 0 aliphatic heterocycles. The molecule has 2 rings (SSSR count). The second-order valence-electron chi connectivity index (χ2n) is 15.2. The van der Waals surface area contributed by atoms with E-state index in [9.17, 15) is 0 Å². The van der Waals surface area contributed by atoms with Gasteiger partial charge in [0.25, 0.3) is 0 Å². The van der Waals surface area contributed by atoms with Gasteiger partial charge >= 0.3 is 0 Å². The number of aromatic nitrogens is 2. The van der Waals surface area contributed by atoms with Crippen LogP contribution >= 0.6 is 0 Å². The Labute approximate surface area is 294 Å². The number of rotatable bonds is 35. The van der Waals surface area contributed by atoms with Crippen LogP contribution in [0.15, 0.2) is 49.1 Å². The molecular formula is C45H80N2. The van der Waals surface area contributed by atoms with Gasteiger partial charge in [0.2, 0.25) is 0 Å². The van der Waals surface area contributed by atoms with Crippen LogP contribution in [0.5, 0.6) is 0 Å². The third-order valence-electron chi connectivity index (χ3n) is 10.8. The minimum atomic E-state index is 0.571. The molecule has 1 aromatic heterocycles. The van der Waals surface area contributed by atoms with Crippen LogP contribution in [-0.2, 0) is 6.42 Å². The highest BCUT2D eigenvalue weighted by Gasteiger charge is 2.23. The van der Waals surface area contributed by atoms with Gasteiger partial charge in [-0.05, 0) is 30.7 Å². The van der Waals surface area contributed by atoms with Crippen molar-refractivity contribution in [2.75, 3.05) is 0 Å². The van der Waals surface area contributed by atoms with Crippen LogP contribution in [0.2, 0.25) is 0 Å². The molecule has 2 nitrogen and oxygen atoms in total. The van der Waals surface area contributed by atoms with Crippen LogP contribution in [-0.4, -0.2) is 9.55 Å². The maximum absolute atomic E-state index is 4.49. The lowest BCUT2D eigenvalue weighted by Crippen LogP contribution is -2.21. The quantitative estimate of drug-likeness (QED) is 0.0680. The summed E-state index contributed by atoms with van der Waals surface area (Å²) in [6.45, 7) is 4.62. The van der Waals surface area contributed by atoms with E-state index in [1.165, 1.54) is 211 Å². The van der Waals surface area contributed by atoms with Gasteiger partial charge in [0.15, 0.2) is 0 Å². The normalized spacial score (nSPS) is 12.9. The third-order valence-corrected chi connectivity index (χ3v) is 10.8. The summed E-state index contributed by atoms with van der Waals surface area (Å²) < 4.78 is 2.46. The number of hydrogen-bond donors (Lipinski definition) is 0. The highest BCUT2D eigenvalue weighted by Crippen LogP contribution is 2.32. The minimum absolute atomic E-state index is 0.571. The predicted octanol–water partition coefficient (Wildman–Crippen LogP) is 15.4. The van der Waals surface area contributed by atoms with Crippen molar-refractivity contribution in [3.63, 3.8) is 0 Å². The van der Waals surface area contributed by atoms with Crippen LogP contribution in [0.4, 0.5) is 0 Å². The predicted molar refractivity (Wildman–Crippen MR) is 209 cm³/mol. The van der Waals surface area contributed by atoms with Gasteiger partial charge in [-0.25, -0.2) is 4.98 Å². The van der Waals surface area contributed by atoms with Crippen molar-refractivity contribution in [2.24, 2.45) is 5.92 Å². The average molecular weight is 649 g/mol. The Hall–Kier alpha value is -1.57. The van der Waals surface area contributed by atoms with Gasteiger partial charge in [0, 0.05) is 18.4 Å². The molecule has 2 heteroatoms. The molecule has 0 fully saturated rings. The van der Waals surface area contributed by atoms with Gasteiger partial charge < -0.3 is 4.57 Å². The summed E-state index contributed by atoms with van der Waals surface area (Å²) in [5.41, 5.74) is 1.50. The molecule has 0 saturated carbocycles. The highest BCUT2D eigenvalue weighted by molar-refractivity contribution is 5.15. The molecule has 0 radical (unpaired) electrons. The lowest BCUT2D eigenvalue weighted by molar-refractivity contribution is 0.275. The molecule has 0 N–H and O–H groups in total. The van der Waals surface area contributed by atoms with Gasteiger partial charge in [0.1, 0.15) is 0 Å². The summed E-state index contributed by atoms with van der Waals surface area (Å²) >= 11 is 0. The van der Waals surface area contributed by atoms with E-state index in [0.717, 1.165) is 0 Å². The smallest absolute Gasteiger partial charge is 0.0948 e. The SMILES string of the molecule is CCCCCCCCCCCCCCCCCC(C(CCCCCCCCCCCCCCCC)Cc1ccccc1)n1ccnc1. The van der Waals surface area contributed by atoms with Crippen molar-refractivity contribution < 1.29 is 0 Å². The van der Waals surface area contributed by atoms with Crippen LogP contribution in [0, 0.1) is 5.92 Å². The molecule has 2 unspecified atom stereocenters. The first-order chi connectivity index (χ1) is 23.3. The molecule has 0 saturated heterocycles. The number of nitrogens with zero attached hydrogens (tertiary/aromatic N) is 2. The van der Waals surface area contributed by atoms with E-state index in [0.29, 0.717) is 12.0 Å². The maximum atomic E-state index is 4.49. The fourth-order valence-electron chi connectivity index (χ4n) is 7.77. The van der Waals surface area contributed by atoms with Crippen molar-refractivity contribution in [3.8, 4) is 0 Å². The lowest BCUT2D eigenvalue weighted by Gasteiger charge is -2.29. The van der Waals surface area contributed by atoms with Crippen LogP contribution < -0.4 is 0 Å². The standard InChI is InChI=1S/C45H80N2/c1-3-5-7-9-11-13-15-17-19-21-23-25-27-29-34-38-45(47-40-39-46-42-47)44(41-43-35-31-30-32-36-43)37-33-28-26-24-22-20-18-16-14-12-10-8-6-4-2/h30-32,35-36,39-40,42,44-45H,3-29,33-34,37-38,41H2,1-2H3. The van der Waals surface area contributed by atoms with E-state index in [-0.39, 0.29) is 0 Å². The van der Waals surface area contributed by atoms with Crippen molar-refractivity contribution in [1.82, 2.24) is 9.55 Å². The monoisotopic (exact) mass is 649 g/mol. The van der Waals surface area contributed by atoms with E-state index in [2.05, 4.69) is 66.3 Å². The number of unbranched alkanes of at least 4 members (excludes halogenated alkanes) is 27. The largest absolute Gasteiger partial charge is 0.334 e.